The lowest BCUT2D eigenvalue weighted by molar-refractivity contribution is 0.301. The largest absolute Gasteiger partial charge is 0.489 e. The minimum atomic E-state index is 0.400. The van der Waals surface area contributed by atoms with Crippen molar-refractivity contribution in [2.45, 2.75) is 31.8 Å². The van der Waals surface area contributed by atoms with Crippen LogP contribution in [0.4, 0.5) is 0 Å². The molecule has 0 radical (unpaired) electrons. The first-order chi connectivity index (χ1) is 7.79. The van der Waals surface area contributed by atoms with E-state index in [0.29, 0.717) is 12.6 Å². The molecule has 86 valence electrons. The third-order valence-corrected chi connectivity index (χ3v) is 3.37. The number of nitrogens with zero attached hydrogens (tertiary/aromatic N) is 1. The highest BCUT2D eigenvalue weighted by molar-refractivity contribution is 14.1. The second-order valence-electron chi connectivity index (χ2n) is 4.04. The van der Waals surface area contributed by atoms with E-state index in [1.54, 1.807) is 0 Å². The fourth-order valence-electron chi connectivity index (χ4n) is 1.51. The van der Waals surface area contributed by atoms with Crippen LogP contribution in [0.3, 0.4) is 0 Å². The lowest BCUT2D eigenvalue weighted by Crippen LogP contribution is -1.98. The van der Waals surface area contributed by atoms with E-state index in [1.165, 1.54) is 18.4 Å². The molecule has 0 bridgehead atoms. The van der Waals surface area contributed by atoms with E-state index >= 15 is 0 Å². The summed E-state index contributed by atoms with van der Waals surface area (Å²) in [6, 6.07) is 6.23. The Hall–Kier alpha value is -0.650. The number of benzene rings is 1. The first-order valence-corrected chi connectivity index (χ1v) is 6.61. The number of rotatable bonds is 6. The average molecular weight is 331 g/mol. The molecule has 1 saturated carbocycles. The maximum absolute atomic E-state index is 9.97. The van der Waals surface area contributed by atoms with Crippen LogP contribution in [-0.4, -0.2) is 12.6 Å². The number of halogens is 1. The van der Waals surface area contributed by atoms with Gasteiger partial charge in [0.25, 0.3) is 0 Å². The van der Waals surface area contributed by atoms with Crippen molar-refractivity contribution in [3.05, 3.63) is 32.2 Å². The minimum Gasteiger partial charge on any atom is -0.489 e. The summed E-state index contributed by atoms with van der Waals surface area (Å²) in [5, 5.41) is 2.86. The van der Waals surface area contributed by atoms with Gasteiger partial charge in [-0.25, -0.2) is 0 Å². The summed E-state index contributed by atoms with van der Waals surface area (Å²) in [6.07, 6.45) is 4.54. The molecule has 1 aliphatic rings. The smallest absolute Gasteiger partial charge is 0.133 e. The van der Waals surface area contributed by atoms with E-state index in [-0.39, 0.29) is 0 Å². The van der Waals surface area contributed by atoms with E-state index < -0.39 is 0 Å². The fraction of sp³-hybridized carbons (Fsp3) is 0.500. The van der Waals surface area contributed by atoms with Crippen LogP contribution in [0.15, 0.2) is 23.4 Å². The van der Waals surface area contributed by atoms with Crippen molar-refractivity contribution < 1.29 is 4.74 Å². The van der Waals surface area contributed by atoms with Gasteiger partial charge in [-0.05, 0) is 66.0 Å². The van der Waals surface area contributed by atoms with Crippen molar-refractivity contribution in [3.8, 4) is 5.75 Å². The molecule has 0 aliphatic heterocycles. The summed E-state index contributed by atoms with van der Waals surface area (Å²) in [5.41, 5.74) is 1.25. The first-order valence-electron chi connectivity index (χ1n) is 5.54. The van der Waals surface area contributed by atoms with Crippen molar-refractivity contribution >= 4 is 22.6 Å². The van der Waals surface area contributed by atoms with Crippen molar-refractivity contribution in [3.63, 3.8) is 0 Å². The Bertz CT molecular complexity index is 377. The zero-order valence-electron chi connectivity index (χ0n) is 8.99. The molecular formula is C12H14INO2. The van der Waals surface area contributed by atoms with Crippen LogP contribution in [-0.2, 0) is 6.42 Å². The molecule has 1 aromatic rings. The van der Waals surface area contributed by atoms with E-state index in [9.17, 15) is 4.91 Å². The van der Waals surface area contributed by atoms with Crippen molar-refractivity contribution in [2.24, 2.45) is 5.18 Å². The molecule has 1 fully saturated rings. The summed E-state index contributed by atoms with van der Waals surface area (Å²) in [4.78, 5) is 9.97. The van der Waals surface area contributed by atoms with Gasteiger partial charge < -0.3 is 4.74 Å². The molecule has 0 amide bonds. The molecule has 0 N–H and O–H groups in total. The highest BCUT2D eigenvalue weighted by atomic mass is 127. The van der Waals surface area contributed by atoms with Crippen LogP contribution in [0, 0.1) is 8.48 Å². The Balaban J connectivity index is 1.94. The van der Waals surface area contributed by atoms with Crippen LogP contribution < -0.4 is 4.74 Å². The third-order valence-electron chi connectivity index (χ3n) is 2.53. The van der Waals surface area contributed by atoms with E-state index in [0.717, 1.165) is 22.2 Å². The molecule has 0 spiro atoms. The predicted octanol–water partition coefficient (Wildman–Crippen LogP) is 3.53. The zero-order valence-corrected chi connectivity index (χ0v) is 11.1. The van der Waals surface area contributed by atoms with Gasteiger partial charge in [0.15, 0.2) is 0 Å². The summed E-state index contributed by atoms with van der Waals surface area (Å²) in [6.45, 7) is 0.400. The molecule has 16 heavy (non-hydrogen) atoms. The Morgan fingerprint density at radius 2 is 2.25 bits per heavy atom. The first kappa shape index (κ1) is 11.8. The average Bonchev–Trinajstić information content (AvgIpc) is 3.06. The topological polar surface area (TPSA) is 38.7 Å². The number of hydrogen-bond donors (Lipinski definition) is 0. The standard InChI is InChI=1S/C12H14INO2/c13-11-8-9(2-1-7-14-15)3-6-12(11)16-10-4-5-10/h3,6,8,10H,1-2,4-5,7H2. The predicted molar refractivity (Wildman–Crippen MR) is 71.8 cm³/mol. The molecule has 4 heteroatoms. The van der Waals surface area contributed by atoms with Crippen LogP contribution in [0.25, 0.3) is 0 Å². The fourth-order valence-corrected chi connectivity index (χ4v) is 2.22. The molecule has 1 aromatic carbocycles. The monoisotopic (exact) mass is 331 g/mol. The van der Waals surface area contributed by atoms with Gasteiger partial charge in [-0.15, -0.1) is 0 Å². The Labute approximate surface area is 109 Å². The number of aryl methyl sites for hydroxylation is 1. The van der Waals surface area contributed by atoms with Gasteiger partial charge in [-0.2, -0.15) is 4.91 Å². The summed E-state index contributed by atoms with van der Waals surface area (Å²) in [5.74, 6) is 0.986. The van der Waals surface area contributed by atoms with Crippen molar-refractivity contribution in [1.29, 1.82) is 0 Å². The molecule has 0 saturated heterocycles. The van der Waals surface area contributed by atoms with Gasteiger partial charge in [-0.3, -0.25) is 0 Å². The van der Waals surface area contributed by atoms with Gasteiger partial charge in [0.1, 0.15) is 5.75 Å². The highest BCUT2D eigenvalue weighted by Crippen LogP contribution is 2.30. The van der Waals surface area contributed by atoms with Crippen molar-refractivity contribution in [2.75, 3.05) is 6.54 Å². The normalized spacial score (nSPS) is 14.8. The van der Waals surface area contributed by atoms with E-state index in [4.69, 9.17) is 4.74 Å². The maximum atomic E-state index is 9.97. The van der Waals surface area contributed by atoms with Gasteiger partial charge in [-0.1, -0.05) is 11.2 Å². The number of ether oxygens (including phenoxy) is 1. The van der Waals surface area contributed by atoms with Gasteiger partial charge in [0.05, 0.1) is 16.2 Å². The molecule has 0 aromatic heterocycles. The molecule has 0 heterocycles. The Morgan fingerprint density at radius 1 is 1.44 bits per heavy atom. The molecule has 1 aliphatic carbocycles. The summed E-state index contributed by atoms with van der Waals surface area (Å²) >= 11 is 2.30. The maximum Gasteiger partial charge on any atom is 0.133 e. The Morgan fingerprint density at radius 3 is 2.88 bits per heavy atom. The van der Waals surface area contributed by atoms with Crippen LogP contribution in [0.2, 0.25) is 0 Å². The molecule has 0 atom stereocenters. The summed E-state index contributed by atoms with van der Waals surface area (Å²) in [7, 11) is 0. The molecule has 0 unspecified atom stereocenters. The summed E-state index contributed by atoms with van der Waals surface area (Å²) < 4.78 is 6.91. The Kier molecular flexibility index (Phi) is 4.15. The quantitative estimate of drug-likeness (QED) is 0.454. The third kappa shape index (κ3) is 3.43. The second kappa shape index (κ2) is 5.61. The lowest BCUT2D eigenvalue weighted by Gasteiger charge is -2.08. The zero-order chi connectivity index (χ0) is 11.4. The lowest BCUT2D eigenvalue weighted by atomic mass is 10.1. The van der Waals surface area contributed by atoms with Crippen LogP contribution in [0.5, 0.6) is 5.75 Å². The van der Waals surface area contributed by atoms with Gasteiger partial charge in [0.2, 0.25) is 0 Å². The van der Waals surface area contributed by atoms with Gasteiger partial charge in [0, 0.05) is 0 Å². The van der Waals surface area contributed by atoms with Crippen LogP contribution >= 0.6 is 22.6 Å². The highest BCUT2D eigenvalue weighted by Gasteiger charge is 2.24. The number of hydrogen-bond acceptors (Lipinski definition) is 3. The van der Waals surface area contributed by atoms with Crippen LogP contribution in [0.1, 0.15) is 24.8 Å². The van der Waals surface area contributed by atoms with E-state index in [2.05, 4.69) is 39.9 Å². The molecule has 3 nitrogen and oxygen atoms in total. The minimum absolute atomic E-state index is 0.400. The number of nitroso groups, excluding NO2 is 1. The van der Waals surface area contributed by atoms with E-state index in [1.807, 2.05) is 6.07 Å². The molecular weight excluding hydrogens is 317 g/mol. The van der Waals surface area contributed by atoms with Crippen molar-refractivity contribution in [1.82, 2.24) is 0 Å². The SMILES string of the molecule is O=NCCCc1ccc(OC2CC2)c(I)c1. The molecule has 2 rings (SSSR count). The van der Waals surface area contributed by atoms with Gasteiger partial charge >= 0.3 is 0 Å². The second-order valence-corrected chi connectivity index (χ2v) is 5.20.